The molecule has 0 spiro atoms. The van der Waals surface area contributed by atoms with E-state index in [0.29, 0.717) is 0 Å². The largest absolute Gasteiger partial charge is 0.575 e. The van der Waals surface area contributed by atoms with Crippen molar-refractivity contribution in [3.63, 3.8) is 0 Å². The van der Waals surface area contributed by atoms with Crippen LogP contribution in [0.25, 0.3) is 0 Å². The van der Waals surface area contributed by atoms with Gasteiger partial charge in [0.1, 0.15) is 5.56 Å². The fraction of sp³-hybridized carbons (Fsp3) is 0.250. The molecule has 0 aliphatic carbocycles. The lowest BCUT2D eigenvalue weighted by Crippen LogP contribution is -2.18. The molecule has 0 aromatic carbocycles. The highest BCUT2D eigenvalue weighted by Crippen LogP contribution is 2.26. The van der Waals surface area contributed by atoms with E-state index in [1.165, 1.54) is 6.92 Å². The average Bonchev–Trinajstić information content (AvgIpc) is 2.13. The fourth-order valence-corrected chi connectivity index (χ4v) is 1.09. The lowest BCUT2D eigenvalue weighted by atomic mass is 10.1. The Morgan fingerprint density at radius 1 is 1.53 bits per heavy atom. The standard InChI is InChI=1S/C8H5F3N2O4/c1-4-2-6(17-8(9,10)11)12-7(13(15)16)5(4)3-14/h2-3H,1H3. The Balaban J connectivity index is 3.29. The summed E-state index contributed by atoms with van der Waals surface area (Å²) >= 11 is 0. The van der Waals surface area contributed by atoms with Crippen LogP contribution in [0.1, 0.15) is 15.9 Å². The summed E-state index contributed by atoms with van der Waals surface area (Å²) in [6.45, 7) is 1.24. The number of rotatable bonds is 3. The van der Waals surface area contributed by atoms with E-state index in [2.05, 4.69) is 9.72 Å². The monoisotopic (exact) mass is 250 g/mol. The molecule has 1 heterocycles. The topological polar surface area (TPSA) is 82.3 Å². The Morgan fingerprint density at radius 3 is 2.53 bits per heavy atom. The van der Waals surface area contributed by atoms with Gasteiger partial charge >= 0.3 is 18.1 Å². The molecule has 0 aliphatic rings. The van der Waals surface area contributed by atoms with Crippen LogP contribution >= 0.6 is 0 Å². The van der Waals surface area contributed by atoms with E-state index in [1.54, 1.807) is 0 Å². The number of pyridine rings is 1. The number of hydrogen-bond acceptors (Lipinski definition) is 5. The number of halogens is 3. The van der Waals surface area contributed by atoms with Gasteiger partial charge in [0.2, 0.25) is 0 Å². The number of aromatic nitrogens is 1. The predicted octanol–water partition coefficient (Wildman–Crippen LogP) is 2.01. The molecule has 17 heavy (non-hydrogen) atoms. The van der Waals surface area contributed by atoms with Crippen molar-refractivity contribution < 1.29 is 27.6 Å². The molecule has 0 fully saturated rings. The molecule has 0 saturated heterocycles. The van der Waals surface area contributed by atoms with Crippen LogP contribution in [-0.4, -0.2) is 22.6 Å². The molecular formula is C8H5F3N2O4. The molecule has 6 nitrogen and oxygen atoms in total. The highest BCUT2D eigenvalue weighted by molar-refractivity contribution is 5.82. The summed E-state index contributed by atoms with van der Waals surface area (Å²) in [7, 11) is 0. The van der Waals surface area contributed by atoms with Crippen molar-refractivity contribution in [2.24, 2.45) is 0 Å². The van der Waals surface area contributed by atoms with Crippen molar-refractivity contribution in [1.29, 1.82) is 0 Å². The number of alkyl halides is 3. The van der Waals surface area contributed by atoms with Crippen molar-refractivity contribution in [2.45, 2.75) is 13.3 Å². The Kier molecular flexibility index (Phi) is 3.30. The van der Waals surface area contributed by atoms with Crippen LogP contribution in [-0.2, 0) is 0 Å². The molecule has 92 valence electrons. The summed E-state index contributed by atoms with van der Waals surface area (Å²) in [5, 5.41) is 10.5. The molecule has 0 saturated carbocycles. The number of hydrogen-bond donors (Lipinski definition) is 0. The molecule has 1 rings (SSSR count). The second kappa shape index (κ2) is 4.36. The van der Waals surface area contributed by atoms with E-state index in [4.69, 9.17) is 0 Å². The molecule has 9 heteroatoms. The molecule has 1 aromatic rings. The molecule has 0 unspecified atom stereocenters. The van der Waals surface area contributed by atoms with Gasteiger partial charge in [0.15, 0.2) is 6.29 Å². The maximum Gasteiger partial charge on any atom is 0.575 e. The summed E-state index contributed by atoms with van der Waals surface area (Å²) in [6.07, 6.45) is -4.85. The Morgan fingerprint density at radius 2 is 2.12 bits per heavy atom. The Bertz CT molecular complexity index is 473. The minimum absolute atomic E-state index is 0.0269. The van der Waals surface area contributed by atoms with Crippen molar-refractivity contribution in [3.8, 4) is 5.88 Å². The van der Waals surface area contributed by atoms with Gasteiger partial charge in [-0.15, -0.1) is 13.2 Å². The first-order valence-corrected chi connectivity index (χ1v) is 4.11. The van der Waals surface area contributed by atoms with Crippen LogP contribution in [0, 0.1) is 17.0 Å². The predicted molar refractivity (Wildman–Crippen MR) is 47.7 cm³/mol. The number of aryl methyl sites for hydroxylation is 1. The zero-order valence-electron chi connectivity index (χ0n) is 8.32. The maximum atomic E-state index is 11.9. The van der Waals surface area contributed by atoms with Gasteiger partial charge in [0.05, 0.1) is 0 Å². The molecular weight excluding hydrogens is 245 g/mol. The minimum atomic E-state index is -5.00. The minimum Gasteiger partial charge on any atom is -0.366 e. The number of carbonyl (C=O) groups is 1. The van der Waals surface area contributed by atoms with Crippen LogP contribution in [0.2, 0.25) is 0 Å². The first-order valence-electron chi connectivity index (χ1n) is 4.11. The molecule has 0 bridgehead atoms. The third-order valence-corrected chi connectivity index (χ3v) is 1.73. The molecule has 0 atom stereocenters. The summed E-state index contributed by atoms with van der Waals surface area (Å²) in [5.74, 6) is -1.95. The van der Waals surface area contributed by atoms with E-state index in [-0.39, 0.29) is 17.4 Å². The number of nitro groups is 1. The van der Waals surface area contributed by atoms with Crippen molar-refractivity contribution in [3.05, 3.63) is 27.3 Å². The Hall–Kier alpha value is -2.19. The fourth-order valence-electron chi connectivity index (χ4n) is 1.09. The number of nitrogens with zero attached hydrogens (tertiary/aromatic N) is 2. The summed E-state index contributed by atoms with van der Waals surface area (Å²) in [4.78, 5) is 23.0. The molecule has 0 radical (unpaired) electrons. The zero-order valence-corrected chi connectivity index (χ0v) is 8.32. The second-order valence-electron chi connectivity index (χ2n) is 2.94. The Labute approximate surface area is 92.2 Å². The summed E-state index contributed by atoms with van der Waals surface area (Å²) in [6, 6.07) is 0.796. The van der Waals surface area contributed by atoms with Crippen molar-refractivity contribution in [1.82, 2.24) is 4.98 Å². The van der Waals surface area contributed by atoms with Crippen LogP contribution in [0.5, 0.6) is 5.88 Å². The van der Waals surface area contributed by atoms with Gasteiger partial charge in [-0.2, -0.15) is 0 Å². The van der Waals surface area contributed by atoms with Gasteiger partial charge in [0.25, 0.3) is 0 Å². The van der Waals surface area contributed by atoms with Gasteiger partial charge in [-0.3, -0.25) is 4.79 Å². The first-order chi connectivity index (χ1) is 7.74. The third kappa shape index (κ3) is 3.13. The van der Waals surface area contributed by atoms with Crippen molar-refractivity contribution >= 4 is 12.1 Å². The summed E-state index contributed by atoms with van der Waals surface area (Å²) < 4.78 is 39.1. The summed E-state index contributed by atoms with van der Waals surface area (Å²) in [5.41, 5.74) is -0.412. The average molecular weight is 250 g/mol. The van der Waals surface area contributed by atoms with E-state index in [9.17, 15) is 28.1 Å². The van der Waals surface area contributed by atoms with Gasteiger partial charge < -0.3 is 14.9 Å². The van der Waals surface area contributed by atoms with Crippen LogP contribution < -0.4 is 4.74 Å². The van der Waals surface area contributed by atoms with Crippen molar-refractivity contribution in [2.75, 3.05) is 0 Å². The van der Waals surface area contributed by atoms with Gasteiger partial charge in [-0.05, 0) is 17.4 Å². The molecule has 0 amide bonds. The van der Waals surface area contributed by atoms with E-state index in [0.717, 1.165) is 6.07 Å². The van der Waals surface area contributed by atoms with E-state index in [1.807, 2.05) is 0 Å². The van der Waals surface area contributed by atoms with Gasteiger partial charge in [0, 0.05) is 11.1 Å². The maximum absolute atomic E-state index is 11.9. The lowest BCUT2D eigenvalue weighted by Gasteiger charge is -2.06. The van der Waals surface area contributed by atoms with Crippen LogP contribution in [0.15, 0.2) is 6.07 Å². The van der Waals surface area contributed by atoms with E-state index < -0.39 is 23.0 Å². The van der Waals surface area contributed by atoms with Crippen LogP contribution in [0.4, 0.5) is 19.0 Å². The number of ether oxygens (including phenoxy) is 1. The molecule has 1 aromatic heterocycles. The number of aldehydes is 1. The molecule has 0 aliphatic heterocycles. The SMILES string of the molecule is Cc1cc(OC(F)(F)F)nc([N+](=O)[O-])c1C=O. The normalized spacial score (nSPS) is 11.1. The zero-order chi connectivity index (χ0) is 13.2. The van der Waals surface area contributed by atoms with Gasteiger partial charge in [-0.25, -0.2) is 0 Å². The smallest absolute Gasteiger partial charge is 0.366 e. The highest BCUT2D eigenvalue weighted by atomic mass is 19.4. The first kappa shape index (κ1) is 12.9. The third-order valence-electron chi connectivity index (χ3n) is 1.73. The highest BCUT2D eigenvalue weighted by Gasteiger charge is 2.35. The molecule has 0 N–H and O–H groups in total. The second-order valence-corrected chi connectivity index (χ2v) is 2.94. The van der Waals surface area contributed by atoms with Crippen LogP contribution in [0.3, 0.4) is 0 Å². The number of carbonyl (C=O) groups excluding carboxylic acids is 1. The van der Waals surface area contributed by atoms with Gasteiger partial charge in [-0.1, -0.05) is 0 Å². The quantitative estimate of drug-likeness (QED) is 0.465. The van der Waals surface area contributed by atoms with E-state index >= 15 is 0 Å². The lowest BCUT2D eigenvalue weighted by molar-refractivity contribution is -0.390.